The van der Waals surface area contributed by atoms with Gasteiger partial charge in [-0.15, -0.1) is 0 Å². The molecule has 0 fully saturated rings. The summed E-state index contributed by atoms with van der Waals surface area (Å²) >= 11 is 0. The van der Waals surface area contributed by atoms with Crippen LogP contribution in [-0.4, -0.2) is 0 Å². The Kier molecular flexibility index (Phi) is 5.00. The van der Waals surface area contributed by atoms with Gasteiger partial charge in [-0.25, -0.2) is 0 Å². The fourth-order valence-electron chi connectivity index (χ4n) is 0.949. The zero-order valence-electron chi connectivity index (χ0n) is 7.35. The van der Waals surface area contributed by atoms with Crippen LogP contribution >= 0.6 is 0 Å². The summed E-state index contributed by atoms with van der Waals surface area (Å²) in [6.45, 7) is 10.4. The third-order valence-electron chi connectivity index (χ3n) is 1.68. The summed E-state index contributed by atoms with van der Waals surface area (Å²) in [7, 11) is 0. The van der Waals surface area contributed by atoms with Crippen LogP contribution in [-0.2, 0) is 0 Å². The van der Waals surface area contributed by atoms with Crippen molar-refractivity contribution < 1.29 is 0 Å². The summed E-state index contributed by atoms with van der Waals surface area (Å²) in [6.07, 6.45) is 6.76. The first-order chi connectivity index (χ1) is 4.72. The molecule has 0 amide bonds. The van der Waals surface area contributed by atoms with E-state index in [2.05, 4.69) is 39.5 Å². The molecule has 0 bridgehead atoms. The maximum absolute atomic E-state index is 3.93. The van der Waals surface area contributed by atoms with Gasteiger partial charge in [-0.3, -0.25) is 0 Å². The first kappa shape index (κ1) is 9.48. The molecular weight excluding hydrogens is 120 g/mol. The topological polar surface area (TPSA) is 0 Å². The first-order valence-corrected chi connectivity index (χ1v) is 4.04. The fraction of sp³-hybridized carbons (Fsp3) is 0.600. The minimum Gasteiger partial charge on any atom is -0.0995 e. The highest BCUT2D eigenvalue weighted by Gasteiger charge is 1.99. The molecule has 0 aromatic heterocycles. The fourth-order valence-corrected chi connectivity index (χ4v) is 0.949. The van der Waals surface area contributed by atoms with Crippen LogP contribution < -0.4 is 0 Å². The van der Waals surface area contributed by atoms with Gasteiger partial charge in [0.1, 0.15) is 0 Å². The van der Waals surface area contributed by atoms with Crippen LogP contribution in [0.1, 0.15) is 33.6 Å². The summed E-state index contributed by atoms with van der Waals surface area (Å²) in [5.74, 6) is 0.597. The molecule has 0 radical (unpaired) electrons. The van der Waals surface area contributed by atoms with Crippen LogP contribution in [0.5, 0.6) is 0 Å². The Bertz CT molecular complexity index is 120. The lowest BCUT2D eigenvalue weighted by Crippen LogP contribution is -1.93. The second-order valence-electron chi connectivity index (χ2n) is 2.70. The van der Waals surface area contributed by atoms with Crippen molar-refractivity contribution in [3.8, 4) is 0 Å². The van der Waals surface area contributed by atoms with Crippen molar-refractivity contribution in [2.75, 3.05) is 0 Å². The molecule has 0 aliphatic rings. The Morgan fingerprint density at radius 2 is 2.10 bits per heavy atom. The molecule has 0 aliphatic carbocycles. The van der Waals surface area contributed by atoms with E-state index in [0.717, 1.165) is 6.42 Å². The van der Waals surface area contributed by atoms with Gasteiger partial charge in [-0.1, -0.05) is 38.2 Å². The van der Waals surface area contributed by atoms with Gasteiger partial charge in [0.2, 0.25) is 0 Å². The normalized spacial score (nSPS) is 13.9. The Labute approximate surface area is 64.6 Å². The molecule has 1 atom stereocenters. The smallest absolute Gasteiger partial charge is 0.00314 e. The monoisotopic (exact) mass is 138 g/mol. The van der Waals surface area contributed by atoms with Crippen molar-refractivity contribution >= 4 is 0 Å². The predicted octanol–water partition coefficient (Wildman–Crippen LogP) is 3.55. The molecule has 58 valence electrons. The van der Waals surface area contributed by atoms with Crippen molar-refractivity contribution in [2.45, 2.75) is 33.6 Å². The summed E-state index contributed by atoms with van der Waals surface area (Å²) in [5.41, 5.74) is 1.27. The van der Waals surface area contributed by atoms with Gasteiger partial charge in [0, 0.05) is 0 Å². The average Bonchev–Trinajstić information content (AvgIpc) is 1.89. The van der Waals surface area contributed by atoms with Crippen molar-refractivity contribution in [2.24, 2.45) is 5.92 Å². The molecule has 0 heteroatoms. The maximum Gasteiger partial charge on any atom is -0.00314 e. The van der Waals surface area contributed by atoms with E-state index in [1.54, 1.807) is 0 Å². The van der Waals surface area contributed by atoms with Crippen LogP contribution in [0.25, 0.3) is 0 Å². The summed E-state index contributed by atoms with van der Waals surface area (Å²) in [5, 5.41) is 0. The lowest BCUT2D eigenvalue weighted by molar-refractivity contribution is 0.727. The van der Waals surface area contributed by atoms with Gasteiger partial charge in [0.15, 0.2) is 0 Å². The molecule has 0 aromatic rings. The molecular formula is C10H18. The van der Waals surface area contributed by atoms with Gasteiger partial charge in [0.05, 0.1) is 0 Å². The van der Waals surface area contributed by atoms with E-state index >= 15 is 0 Å². The number of hydrogen-bond acceptors (Lipinski definition) is 0. The Hall–Kier alpha value is -0.520. The zero-order valence-corrected chi connectivity index (χ0v) is 7.35. The molecule has 10 heavy (non-hydrogen) atoms. The highest BCUT2D eigenvalue weighted by atomic mass is 14.0. The predicted molar refractivity (Wildman–Crippen MR) is 48.0 cm³/mol. The molecule has 0 rings (SSSR count). The van der Waals surface area contributed by atoms with E-state index in [9.17, 15) is 0 Å². The van der Waals surface area contributed by atoms with Crippen LogP contribution in [0.3, 0.4) is 0 Å². The molecule has 0 saturated heterocycles. The molecule has 0 N–H and O–H groups in total. The summed E-state index contributed by atoms with van der Waals surface area (Å²) < 4.78 is 0. The second kappa shape index (κ2) is 5.28. The molecule has 0 heterocycles. The first-order valence-electron chi connectivity index (χ1n) is 4.04. The van der Waals surface area contributed by atoms with E-state index in [4.69, 9.17) is 0 Å². The Morgan fingerprint density at radius 1 is 1.50 bits per heavy atom. The zero-order chi connectivity index (χ0) is 7.98. The standard InChI is InChI=1S/C10H18/c1-5-7-8-10(6-2)9(3)4/h7-8,10H,3,5-6H2,1-2,4H3/b8-7-. The number of rotatable bonds is 4. The van der Waals surface area contributed by atoms with E-state index in [-0.39, 0.29) is 0 Å². The lowest BCUT2D eigenvalue weighted by atomic mass is 9.98. The quantitative estimate of drug-likeness (QED) is 0.521. The summed E-state index contributed by atoms with van der Waals surface area (Å²) in [6, 6.07) is 0. The van der Waals surface area contributed by atoms with E-state index in [1.165, 1.54) is 12.0 Å². The molecule has 0 aromatic carbocycles. The van der Waals surface area contributed by atoms with Crippen LogP contribution in [0, 0.1) is 5.92 Å². The van der Waals surface area contributed by atoms with Crippen molar-refractivity contribution in [3.05, 3.63) is 24.3 Å². The minimum absolute atomic E-state index is 0.597. The van der Waals surface area contributed by atoms with Crippen molar-refractivity contribution in [3.63, 3.8) is 0 Å². The second-order valence-corrected chi connectivity index (χ2v) is 2.70. The Balaban J connectivity index is 3.83. The largest absolute Gasteiger partial charge is 0.0995 e. The third kappa shape index (κ3) is 3.49. The molecule has 0 aliphatic heterocycles. The van der Waals surface area contributed by atoms with Gasteiger partial charge in [-0.2, -0.15) is 0 Å². The highest BCUT2D eigenvalue weighted by Crippen LogP contribution is 2.13. The molecule has 1 unspecified atom stereocenters. The van der Waals surface area contributed by atoms with Crippen LogP contribution in [0.4, 0.5) is 0 Å². The van der Waals surface area contributed by atoms with E-state index in [0.29, 0.717) is 5.92 Å². The van der Waals surface area contributed by atoms with Crippen LogP contribution in [0.2, 0.25) is 0 Å². The Morgan fingerprint density at radius 3 is 2.40 bits per heavy atom. The molecule has 0 spiro atoms. The van der Waals surface area contributed by atoms with Crippen molar-refractivity contribution in [1.29, 1.82) is 0 Å². The van der Waals surface area contributed by atoms with Gasteiger partial charge >= 0.3 is 0 Å². The van der Waals surface area contributed by atoms with Gasteiger partial charge < -0.3 is 0 Å². The third-order valence-corrected chi connectivity index (χ3v) is 1.68. The summed E-state index contributed by atoms with van der Waals surface area (Å²) in [4.78, 5) is 0. The molecule has 0 saturated carbocycles. The molecule has 0 nitrogen and oxygen atoms in total. The van der Waals surface area contributed by atoms with E-state index in [1.807, 2.05) is 0 Å². The van der Waals surface area contributed by atoms with E-state index < -0.39 is 0 Å². The van der Waals surface area contributed by atoms with Gasteiger partial charge in [0.25, 0.3) is 0 Å². The SMILES string of the molecule is C=C(C)C(/C=C\CC)CC. The maximum atomic E-state index is 3.93. The van der Waals surface area contributed by atoms with Crippen LogP contribution in [0.15, 0.2) is 24.3 Å². The van der Waals surface area contributed by atoms with Crippen molar-refractivity contribution in [1.82, 2.24) is 0 Å². The lowest BCUT2D eigenvalue weighted by Gasteiger charge is -2.07. The van der Waals surface area contributed by atoms with Gasteiger partial charge in [-0.05, 0) is 25.7 Å². The highest BCUT2D eigenvalue weighted by molar-refractivity contribution is 5.05. The minimum atomic E-state index is 0.597. The number of hydrogen-bond donors (Lipinski definition) is 0. The average molecular weight is 138 g/mol. The number of allylic oxidation sites excluding steroid dienone is 3.